The summed E-state index contributed by atoms with van der Waals surface area (Å²) in [5.41, 5.74) is 4.06. The van der Waals surface area contributed by atoms with Crippen molar-refractivity contribution in [2.45, 2.75) is 31.7 Å². The van der Waals surface area contributed by atoms with E-state index >= 15 is 0 Å². The Hall–Kier alpha value is -2.91. The number of carbonyl (C=O) groups excluding carboxylic acids is 1. The van der Waals surface area contributed by atoms with Gasteiger partial charge in [0, 0.05) is 5.54 Å². The molecular weight excluding hydrogens is 334 g/mol. The van der Waals surface area contributed by atoms with E-state index in [1.807, 2.05) is 112 Å². The molecule has 0 unspecified atom stereocenters. The van der Waals surface area contributed by atoms with E-state index in [-0.39, 0.29) is 11.5 Å². The van der Waals surface area contributed by atoms with Crippen molar-refractivity contribution in [1.29, 1.82) is 0 Å². The lowest BCUT2D eigenvalue weighted by atomic mass is 9.69. The molecule has 0 radical (unpaired) electrons. The van der Waals surface area contributed by atoms with E-state index in [0.717, 1.165) is 16.7 Å². The largest absolute Gasteiger partial charge is 0.369 e. The second-order valence-corrected chi connectivity index (χ2v) is 7.59. The third-order valence-corrected chi connectivity index (χ3v) is 4.38. The van der Waals surface area contributed by atoms with Gasteiger partial charge in [-0.05, 0) is 37.5 Å². The minimum Gasteiger partial charge on any atom is -0.369 e. The summed E-state index contributed by atoms with van der Waals surface area (Å²) < 4.78 is 0. The standard InChI is InChI=1S/C24H25NO2/c1-23(2,3)25-27-22(26)24(19-13-7-4-8-14-19,20-15-9-5-10-16-20)21-17-11-6-12-18-21/h4-18,25H,1-3H3. The van der Waals surface area contributed by atoms with Crippen molar-refractivity contribution in [3.8, 4) is 0 Å². The summed E-state index contributed by atoms with van der Waals surface area (Å²) in [6, 6.07) is 29.3. The fourth-order valence-corrected chi connectivity index (χ4v) is 3.19. The fraction of sp³-hybridized carbons (Fsp3) is 0.208. The average molecular weight is 359 g/mol. The van der Waals surface area contributed by atoms with E-state index < -0.39 is 5.41 Å². The molecule has 3 heteroatoms. The molecule has 0 aliphatic carbocycles. The zero-order valence-corrected chi connectivity index (χ0v) is 16.0. The first kappa shape index (κ1) is 18.9. The number of hydrogen-bond acceptors (Lipinski definition) is 3. The third kappa shape index (κ3) is 3.93. The molecule has 0 atom stereocenters. The predicted octanol–water partition coefficient (Wildman–Crippen LogP) is 4.87. The summed E-state index contributed by atoms with van der Waals surface area (Å²) in [5, 5.41) is 0. The minimum absolute atomic E-state index is 0.356. The Labute approximate surface area is 161 Å². The summed E-state index contributed by atoms with van der Waals surface area (Å²) in [6.07, 6.45) is 0. The Bertz CT molecular complexity index is 772. The van der Waals surface area contributed by atoms with Crippen LogP contribution in [0.4, 0.5) is 0 Å². The molecule has 138 valence electrons. The molecule has 1 N–H and O–H groups in total. The Balaban J connectivity index is 2.25. The molecule has 3 aromatic carbocycles. The molecule has 3 aromatic rings. The fourth-order valence-electron chi connectivity index (χ4n) is 3.19. The zero-order valence-electron chi connectivity index (χ0n) is 16.0. The summed E-state index contributed by atoms with van der Waals surface area (Å²) in [4.78, 5) is 19.3. The highest BCUT2D eigenvalue weighted by atomic mass is 16.7. The van der Waals surface area contributed by atoms with Gasteiger partial charge in [-0.3, -0.25) is 0 Å². The Morgan fingerprint density at radius 2 is 1.00 bits per heavy atom. The normalized spacial score (nSPS) is 11.8. The smallest absolute Gasteiger partial charge is 0.344 e. The SMILES string of the molecule is CC(C)(C)NOC(=O)C(c1ccccc1)(c1ccccc1)c1ccccc1. The maximum atomic E-state index is 13.6. The summed E-state index contributed by atoms with van der Waals surface area (Å²) >= 11 is 0. The van der Waals surface area contributed by atoms with Crippen molar-refractivity contribution in [3.05, 3.63) is 108 Å². The molecule has 0 fully saturated rings. The highest BCUT2D eigenvalue weighted by Crippen LogP contribution is 2.40. The monoisotopic (exact) mass is 359 g/mol. The third-order valence-electron chi connectivity index (χ3n) is 4.38. The van der Waals surface area contributed by atoms with E-state index in [1.165, 1.54) is 0 Å². The van der Waals surface area contributed by atoms with Crippen LogP contribution in [0, 0.1) is 0 Å². The van der Waals surface area contributed by atoms with Crippen LogP contribution in [0.5, 0.6) is 0 Å². The molecular formula is C24H25NO2. The lowest BCUT2D eigenvalue weighted by molar-refractivity contribution is -0.159. The summed E-state index contributed by atoms with van der Waals surface area (Å²) in [6.45, 7) is 5.86. The van der Waals surface area contributed by atoms with Crippen molar-refractivity contribution < 1.29 is 9.63 Å². The van der Waals surface area contributed by atoms with Crippen LogP contribution < -0.4 is 5.48 Å². The van der Waals surface area contributed by atoms with Crippen molar-refractivity contribution in [3.63, 3.8) is 0 Å². The van der Waals surface area contributed by atoms with E-state index in [4.69, 9.17) is 4.84 Å². The minimum atomic E-state index is -1.07. The molecule has 0 saturated heterocycles. The molecule has 0 heterocycles. The van der Waals surface area contributed by atoms with Crippen molar-refractivity contribution in [2.24, 2.45) is 0 Å². The van der Waals surface area contributed by atoms with Gasteiger partial charge in [-0.1, -0.05) is 91.0 Å². The van der Waals surface area contributed by atoms with Crippen molar-refractivity contribution >= 4 is 5.97 Å². The zero-order chi connectivity index (χ0) is 19.3. The summed E-state index contributed by atoms with van der Waals surface area (Å²) in [5.74, 6) is -0.360. The predicted molar refractivity (Wildman–Crippen MR) is 108 cm³/mol. The topological polar surface area (TPSA) is 38.3 Å². The van der Waals surface area contributed by atoms with Gasteiger partial charge < -0.3 is 4.84 Å². The molecule has 0 aliphatic rings. The lowest BCUT2D eigenvalue weighted by Crippen LogP contribution is -2.46. The van der Waals surface area contributed by atoms with Crippen LogP contribution in [0.1, 0.15) is 37.5 Å². The summed E-state index contributed by atoms with van der Waals surface area (Å²) in [7, 11) is 0. The van der Waals surface area contributed by atoms with Gasteiger partial charge in [0.15, 0.2) is 0 Å². The highest BCUT2D eigenvalue weighted by Gasteiger charge is 2.46. The molecule has 3 nitrogen and oxygen atoms in total. The first-order chi connectivity index (χ1) is 12.9. The van der Waals surface area contributed by atoms with Crippen LogP contribution in [0.3, 0.4) is 0 Å². The van der Waals surface area contributed by atoms with Gasteiger partial charge in [0.05, 0.1) is 0 Å². The first-order valence-electron chi connectivity index (χ1n) is 9.09. The van der Waals surface area contributed by atoms with Gasteiger partial charge in [0.2, 0.25) is 0 Å². The van der Waals surface area contributed by atoms with Gasteiger partial charge in [-0.25, -0.2) is 4.79 Å². The van der Waals surface area contributed by atoms with E-state index in [9.17, 15) is 4.79 Å². The number of benzene rings is 3. The van der Waals surface area contributed by atoms with Crippen LogP contribution in [0.15, 0.2) is 91.0 Å². The number of hydroxylamine groups is 1. The average Bonchev–Trinajstić information content (AvgIpc) is 2.69. The highest BCUT2D eigenvalue weighted by molar-refractivity contribution is 5.92. The molecule has 0 amide bonds. The van der Waals surface area contributed by atoms with Gasteiger partial charge in [-0.15, -0.1) is 5.48 Å². The Morgan fingerprint density at radius 3 is 1.30 bits per heavy atom. The Kier molecular flexibility index (Phi) is 5.43. The molecule has 0 aromatic heterocycles. The Morgan fingerprint density at radius 1 is 0.667 bits per heavy atom. The van der Waals surface area contributed by atoms with Gasteiger partial charge in [0.25, 0.3) is 0 Å². The molecule has 0 aliphatic heterocycles. The second-order valence-electron chi connectivity index (χ2n) is 7.59. The molecule has 0 bridgehead atoms. The molecule has 0 saturated carbocycles. The number of carbonyl (C=O) groups is 1. The van der Waals surface area contributed by atoms with E-state index in [1.54, 1.807) is 0 Å². The number of rotatable bonds is 5. The van der Waals surface area contributed by atoms with Gasteiger partial charge in [0.1, 0.15) is 5.41 Å². The molecule has 3 rings (SSSR count). The first-order valence-corrected chi connectivity index (χ1v) is 9.09. The molecule has 0 spiro atoms. The van der Waals surface area contributed by atoms with E-state index in [2.05, 4.69) is 5.48 Å². The maximum absolute atomic E-state index is 13.6. The van der Waals surface area contributed by atoms with Crippen LogP contribution >= 0.6 is 0 Å². The number of hydrogen-bond donors (Lipinski definition) is 1. The van der Waals surface area contributed by atoms with Crippen LogP contribution in [-0.4, -0.2) is 11.5 Å². The van der Waals surface area contributed by atoms with Crippen LogP contribution in [0.2, 0.25) is 0 Å². The number of nitrogens with one attached hydrogen (secondary N) is 1. The van der Waals surface area contributed by atoms with Crippen molar-refractivity contribution in [2.75, 3.05) is 0 Å². The quantitative estimate of drug-likeness (QED) is 0.522. The van der Waals surface area contributed by atoms with Gasteiger partial charge >= 0.3 is 5.97 Å². The van der Waals surface area contributed by atoms with Crippen LogP contribution in [0.25, 0.3) is 0 Å². The lowest BCUT2D eigenvalue weighted by Gasteiger charge is -2.34. The van der Waals surface area contributed by atoms with Crippen molar-refractivity contribution in [1.82, 2.24) is 5.48 Å². The molecule has 27 heavy (non-hydrogen) atoms. The second kappa shape index (κ2) is 7.77. The maximum Gasteiger partial charge on any atom is 0.344 e. The van der Waals surface area contributed by atoms with E-state index in [0.29, 0.717) is 0 Å². The van der Waals surface area contributed by atoms with Gasteiger partial charge in [-0.2, -0.15) is 0 Å². The van der Waals surface area contributed by atoms with Crippen LogP contribution in [-0.2, 0) is 15.0 Å².